The van der Waals surface area contributed by atoms with Gasteiger partial charge in [-0.3, -0.25) is 0 Å². The zero-order chi connectivity index (χ0) is 60.6. The Morgan fingerprint density at radius 3 is 0.727 bits per heavy atom. The molecule has 0 spiro atoms. The van der Waals surface area contributed by atoms with Crippen LogP contribution in [0.25, 0.3) is 66.8 Å². The van der Waals surface area contributed by atoms with E-state index in [1.165, 1.54) is 55.6 Å². The van der Waals surface area contributed by atoms with Crippen LogP contribution >= 0.6 is 11.6 Å². The fraction of sp³-hybridized carbons (Fsp3) is 0.333. The fourth-order valence-corrected chi connectivity index (χ4v) is 15.6. The molecular weight excluding hydrogens is 1100 g/mol. The summed E-state index contributed by atoms with van der Waals surface area (Å²) in [6.07, 6.45) is 11.3. The number of benzene rings is 9. The lowest BCUT2D eigenvalue weighted by Gasteiger charge is -2.46. The van der Waals surface area contributed by atoms with Crippen molar-refractivity contribution in [1.29, 1.82) is 0 Å². The molecule has 22 aliphatic rings. The molecule has 0 unspecified atom stereocenters. The van der Waals surface area contributed by atoms with E-state index in [9.17, 15) is 0 Å². The smallest absolute Gasteiger partial charge is 0.147 e. The summed E-state index contributed by atoms with van der Waals surface area (Å²) in [5.74, 6) is 0. The van der Waals surface area contributed by atoms with Gasteiger partial charge in [-0.1, -0.05) is 239 Å². The molecule has 24 bridgehead atoms. The minimum Gasteiger partial charge on any atom is -0.359 e. The molecule has 6 nitrogen and oxygen atoms in total. The molecule has 450 valence electrons. The van der Waals surface area contributed by atoms with Crippen LogP contribution in [0.3, 0.4) is 0 Å². The highest BCUT2D eigenvalue weighted by molar-refractivity contribution is 6.33. The third-order valence-electron chi connectivity index (χ3n) is 21.5. The predicted molar refractivity (Wildman–Crippen MR) is 358 cm³/mol. The number of hydrogen-bond donors (Lipinski definition) is 0. The second-order valence-electron chi connectivity index (χ2n) is 26.6. The molecule has 7 heteroatoms. The summed E-state index contributed by atoms with van der Waals surface area (Å²) in [4.78, 5) is 0. The van der Waals surface area contributed by atoms with Gasteiger partial charge in [-0.25, -0.2) is 0 Å². The van der Waals surface area contributed by atoms with E-state index in [0.29, 0.717) is 0 Å². The van der Waals surface area contributed by atoms with Crippen molar-refractivity contribution in [2.45, 2.75) is 131 Å². The molecule has 0 N–H and O–H groups in total. The highest BCUT2D eigenvalue weighted by Gasteiger charge is 2.47. The number of rotatable bonds is 9. The van der Waals surface area contributed by atoms with E-state index < -0.39 is 16.8 Å². The Balaban J connectivity index is 0.787. The Morgan fingerprint density at radius 1 is 0.261 bits per heavy atom. The van der Waals surface area contributed by atoms with Crippen LogP contribution in [0, 0.1) is 0 Å². The largest absolute Gasteiger partial charge is 0.359 e. The summed E-state index contributed by atoms with van der Waals surface area (Å²) in [5.41, 5.74) is 20.3. The predicted octanol–water partition coefficient (Wildman–Crippen LogP) is 20.7. The van der Waals surface area contributed by atoms with Crippen molar-refractivity contribution in [3.05, 3.63) is 251 Å². The second-order valence-corrected chi connectivity index (χ2v) is 27.0. The van der Waals surface area contributed by atoms with E-state index in [1.807, 2.05) is 0 Å². The Morgan fingerprint density at radius 2 is 0.466 bits per heavy atom. The summed E-state index contributed by atoms with van der Waals surface area (Å²) in [7, 11) is 5.09. The first-order valence-corrected chi connectivity index (χ1v) is 32.2. The highest BCUT2D eigenvalue weighted by atomic mass is 35.5. The highest BCUT2D eigenvalue weighted by Crippen LogP contribution is 2.53. The number of hydrogen-bond acceptors (Lipinski definition) is 6. The SMILES string of the molecule is COCOC12CCC(C)(CC1)c1ccc(cc1)-c1ccc(cc1)-c1ccc(cc1)C1(C)CCC(C)(CC1)c1ccc(cc1)-c1ccc(cc1Cl)-c1ccc(cc1)C1(OCOC)CCC(OCOC)(CC1)c1ccc(cc1)-c1ccc(cc1)-c1ccc2cc1. The minimum atomic E-state index is -0.561. The van der Waals surface area contributed by atoms with Crippen molar-refractivity contribution >= 4 is 11.6 Å². The molecule has 0 saturated heterocycles. The molecule has 0 aromatic heterocycles. The van der Waals surface area contributed by atoms with E-state index in [0.717, 1.165) is 127 Å². The van der Waals surface area contributed by atoms with Crippen molar-refractivity contribution in [3.8, 4) is 66.8 Å². The lowest BCUT2D eigenvalue weighted by Crippen LogP contribution is -2.43. The summed E-state index contributed by atoms with van der Waals surface area (Å²) in [6, 6.07) is 79.2. The van der Waals surface area contributed by atoms with Gasteiger partial charge in [0.25, 0.3) is 0 Å². The number of ether oxygens (including phenoxy) is 6. The van der Waals surface area contributed by atoms with Gasteiger partial charge in [-0.2, -0.15) is 0 Å². The molecule has 0 amide bonds. The van der Waals surface area contributed by atoms with E-state index in [4.69, 9.17) is 40.0 Å². The van der Waals surface area contributed by atoms with Crippen LogP contribution in [0.5, 0.6) is 0 Å². The van der Waals surface area contributed by atoms with Gasteiger partial charge in [0.1, 0.15) is 20.4 Å². The van der Waals surface area contributed by atoms with Crippen LogP contribution in [0.1, 0.15) is 131 Å². The molecule has 0 heterocycles. The van der Waals surface area contributed by atoms with Crippen LogP contribution in [0.15, 0.2) is 212 Å². The van der Waals surface area contributed by atoms with Gasteiger partial charge in [0.15, 0.2) is 0 Å². The van der Waals surface area contributed by atoms with Crippen LogP contribution in [0.2, 0.25) is 5.02 Å². The molecular formula is C81H83ClO6. The molecule has 88 heavy (non-hydrogen) atoms. The summed E-state index contributed by atoms with van der Waals surface area (Å²) < 4.78 is 36.9. The van der Waals surface area contributed by atoms with Gasteiger partial charge in [-0.05, 0) is 194 Å². The third-order valence-corrected chi connectivity index (χ3v) is 21.9. The number of halogens is 1. The third kappa shape index (κ3) is 11.7. The maximum absolute atomic E-state index is 7.19. The molecule has 0 atom stereocenters. The fourth-order valence-electron chi connectivity index (χ4n) is 15.3. The Hall–Kier alpha value is -6.97. The summed E-state index contributed by atoms with van der Waals surface area (Å²) in [6.45, 7) is 8.00. The van der Waals surface area contributed by atoms with Crippen LogP contribution in [-0.4, -0.2) is 41.7 Å². The van der Waals surface area contributed by atoms with Gasteiger partial charge in [0.05, 0.1) is 16.8 Å². The maximum atomic E-state index is 7.19. The minimum absolute atomic E-state index is 0.0287. The molecule has 9 aromatic rings. The van der Waals surface area contributed by atoms with E-state index in [-0.39, 0.29) is 36.6 Å². The average Bonchev–Trinajstić information content (AvgIpc) is 1.35. The molecule has 31 rings (SSSR count). The van der Waals surface area contributed by atoms with Crippen LogP contribution in [-0.2, 0) is 61.5 Å². The van der Waals surface area contributed by atoms with E-state index in [2.05, 4.69) is 233 Å². The van der Waals surface area contributed by atoms with Crippen LogP contribution < -0.4 is 0 Å². The molecule has 9 aromatic carbocycles. The standard InChI is InChI=1S/C81H83ClO6/c1-76-41-43-77(2,44-42-76)70-32-25-66(26-33-70)74-40-27-67(53-75(74)82)65-23-38-73(39-24-65)81(88-56-85-6)51-49-80(50-52-81,87-55-84-5)72-36-21-64(22-37-72)60-13-11-59(12-14-60)63-19-34-71(35-20-63)79(86-54-83-4)47-45-78(3,46-48-79)69-30-17-62(18-31-69)58-9-7-57(8-10-58)61-15-28-68(76)29-16-61/h7-40,53H,41-52,54-56H2,1-6H3. The second kappa shape index (κ2) is 24.8. The molecule has 22 aliphatic carbocycles. The zero-order valence-corrected chi connectivity index (χ0v) is 52.9. The van der Waals surface area contributed by atoms with Crippen molar-refractivity contribution in [2.75, 3.05) is 41.7 Å². The zero-order valence-electron chi connectivity index (χ0n) is 52.1. The molecule has 3 fully saturated rings. The van der Waals surface area contributed by atoms with Crippen molar-refractivity contribution in [2.24, 2.45) is 0 Å². The van der Waals surface area contributed by atoms with Gasteiger partial charge in [0, 0.05) is 31.9 Å². The first kappa shape index (κ1) is 60.0. The Kier molecular flexibility index (Phi) is 16.9. The lowest BCUT2D eigenvalue weighted by molar-refractivity contribution is -0.203. The Labute approximate surface area is 527 Å². The number of methoxy groups -OCH3 is 3. The van der Waals surface area contributed by atoms with Crippen molar-refractivity contribution < 1.29 is 28.4 Å². The van der Waals surface area contributed by atoms with Crippen molar-refractivity contribution in [3.63, 3.8) is 0 Å². The first-order chi connectivity index (χ1) is 42.8. The van der Waals surface area contributed by atoms with Gasteiger partial charge < -0.3 is 28.4 Å². The average molecular weight is 1190 g/mol. The lowest BCUT2D eigenvalue weighted by atomic mass is 9.60. The quantitative estimate of drug-likeness (QED) is 0.134. The van der Waals surface area contributed by atoms with Gasteiger partial charge in [-0.15, -0.1) is 0 Å². The van der Waals surface area contributed by atoms with Crippen molar-refractivity contribution in [1.82, 2.24) is 0 Å². The summed E-state index contributed by atoms with van der Waals surface area (Å²) >= 11 is 7.19. The van der Waals surface area contributed by atoms with E-state index in [1.54, 1.807) is 21.3 Å². The Bertz CT molecular complexity index is 3810. The van der Waals surface area contributed by atoms with Gasteiger partial charge in [0.2, 0.25) is 0 Å². The van der Waals surface area contributed by atoms with E-state index >= 15 is 0 Å². The first-order valence-electron chi connectivity index (χ1n) is 31.8. The topological polar surface area (TPSA) is 55.4 Å². The monoisotopic (exact) mass is 1190 g/mol. The molecule has 0 radical (unpaired) electrons. The van der Waals surface area contributed by atoms with Gasteiger partial charge >= 0.3 is 0 Å². The normalized spacial score (nSPS) is 24.9. The summed E-state index contributed by atoms with van der Waals surface area (Å²) in [5, 5.41) is 0.736. The maximum Gasteiger partial charge on any atom is 0.147 e. The molecule has 3 saturated carbocycles. The van der Waals surface area contributed by atoms with Crippen LogP contribution in [0.4, 0.5) is 0 Å². The molecule has 0 aliphatic heterocycles.